The number of aromatic nitrogens is 2. The van der Waals surface area contributed by atoms with Crippen molar-refractivity contribution in [2.24, 2.45) is 0 Å². The quantitative estimate of drug-likeness (QED) is 0.409. The molecule has 0 bridgehead atoms. The highest BCUT2D eigenvalue weighted by molar-refractivity contribution is 7.71. The molecule has 0 atom stereocenters. The molecule has 0 amide bonds. The highest BCUT2D eigenvalue weighted by Crippen LogP contribution is 2.00. The summed E-state index contributed by atoms with van der Waals surface area (Å²) in [5.41, 5.74) is 9.62. The van der Waals surface area contributed by atoms with Gasteiger partial charge < -0.3 is 5.73 Å². The van der Waals surface area contributed by atoms with E-state index in [0.717, 1.165) is 0 Å². The Balaban J connectivity index is 3.34. The van der Waals surface area contributed by atoms with E-state index in [0.29, 0.717) is 16.3 Å². The molecule has 0 fully saturated rings. The number of anilines is 1. The van der Waals surface area contributed by atoms with Gasteiger partial charge in [0.25, 0.3) is 0 Å². The lowest BCUT2D eigenvalue weighted by Crippen LogP contribution is -2.43. The van der Waals surface area contributed by atoms with Crippen molar-refractivity contribution in [2.75, 3.05) is 5.73 Å². The van der Waals surface area contributed by atoms with E-state index in [-0.39, 0.29) is 0 Å². The third-order valence-electron chi connectivity index (χ3n) is 0.972. The molecule has 0 unspecified atom stereocenters. The molecule has 1 rings (SSSR count). The first-order chi connectivity index (χ1) is 4.20. The summed E-state index contributed by atoms with van der Waals surface area (Å²) in [6, 6.07) is 0. The SMILES string of the molecule is Nc1c[nH+]c(=S)[nH]c1[NH3+]. The van der Waals surface area contributed by atoms with Crippen LogP contribution in [0.25, 0.3) is 0 Å². The van der Waals surface area contributed by atoms with Gasteiger partial charge >= 0.3 is 10.6 Å². The van der Waals surface area contributed by atoms with E-state index in [1.807, 2.05) is 0 Å². The average Bonchev–Trinajstić information content (AvgIpc) is 1.80. The fourth-order valence-electron chi connectivity index (χ4n) is 0.476. The van der Waals surface area contributed by atoms with Crippen LogP contribution in [0.4, 0.5) is 11.5 Å². The van der Waals surface area contributed by atoms with Crippen LogP contribution in [0, 0.1) is 4.77 Å². The molecule has 4 nitrogen and oxygen atoms in total. The zero-order chi connectivity index (χ0) is 6.85. The number of nitrogens with two attached hydrogens (primary N) is 1. The molecule has 1 aromatic heterocycles. The third-order valence-corrected chi connectivity index (χ3v) is 1.19. The highest BCUT2D eigenvalue weighted by atomic mass is 32.1. The summed E-state index contributed by atoms with van der Waals surface area (Å²) >= 11 is 4.75. The first-order valence-electron chi connectivity index (χ1n) is 2.42. The third kappa shape index (κ3) is 1.24. The van der Waals surface area contributed by atoms with Crippen LogP contribution in [0.5, 0.6) is 0 Å². The van der Waals surface area contributed by atoms with Gasteiger partial charge in [-0.05, 0) is 0 Å². The molecule has 1 aromatic rings. The van der Waals surface area contributed by atoms with Crippen LogP contribution in [0.1, 0.15) is 0 Å². The Morgan fingerprint density at radius 2 is 2.44 bits per heavy atom. The second-order valence-electron chi connectivity index (χ2n) is 1.68. The Morgan fingerprint density at radius 1 is 1.78 bits per heavy atom. The molecule has 0 spiro atoms. The maximum absolute atomic E-state index is 5.42. The van der Waals surface area contributed by atoms with Crippen LogP contribution in [-0.2, 0) is 0 Å². The molecule has 48 valence electrons. The minimum absolute atomic E-state index is 0.536. The maximum atomic E-state index is 5.42. The minimum Gasteiger partial charge on any atom is -0.388 e. The van der Waals surface area contributed by atoms with Crippen LogP contribution in [-0.4, -0.2) is 4.98 Å². The number of H-pyrrole nitrogens is 2. The van der Waals surface area contributed by atoms with Gasteiger partial charge in [0.1, 0.15) is 6.20 Å². The lowest BCUT2D eigenvalue weighted by atomic mass is 10.5. The summed E-state index contributed by atoms with van der Waals surface area (Å²) < 4.78 is 0.536. The van der Waals surface area contributed by atoms with Gasteiger partial charge in [-0.2, -0.15) is 4.98 Å². The number of rotatable bonds is 0. The van der Waals surface area contributed by atoms with E-state index in [9.17, 15) is 0 Å². The Labute approximate surface area is 56.9 Å². The zero-order valence-corrected chi connectivity index (χ0v) is 5.59. The van der Waals surface area contributed by atoms with Gasteiger partial charge in [0.2, 0.25) is 0 Å². The summed E-state index contributed by atoms with van der Waals surface area (Å²) in [5.74, 6) is 0.652. The zero-order valence-electron chi connectivity index (χ0n) is 4.77. The molecule has 7 N–H and O–H groups in total. The van der Waals surface area contributed by atoms with Gasteiger partial charge in [-0.15, -0.1) is 0 Å². The Kier molecular flexibility index (Phi) is 1.46. The standard InChI is InChI=1S/C4H6N4S/c5-2-1-7-4(9)8-3(2)6/h1H,5H2,(H3,6,7,8,9)/p+2. The number of hydrogen-bond donors (Lipinski definition) is 3. The number of quaternary nitrogens is 1. The largest absolute Gasteiger partial charge is 0.388 e. The lowest BCUT2D eigenvalue weighted by Gasteiger charge is -1.84. The molecule has 0 saturated heterocycles. The van der Waals surface area contributed by atoms with Crippen LogP contribution in [0.15, 0.2) is 6.20 Å². The summed E-state index contributed by atoms with van der Waals surface area (Å²) in [5, 5.41) is 0. The van der Waals surface area contributed by atoms with Crippen molar-refractivity contribution in [3.05, 3.63) is 11.0 Å². The average molecular weight is 144 g/mol. The number of nitrogen functional groups attached to an aromatic ring is 1. The van der Waals surface area contributed by atoms with Gasteiger partial charge in [0, 0.05) is 12.2 Å². The Bertz CT molecular complexity index is 266. The number of aromatic amines is 2. The minimum atomic E-state index is 0.536. The van der Waals surface area contributed by atoms with Gasteiger partial charge in [0.15, 0.2) is 5.69 Å². The smallest absolute Gasteiger partial charge is 0.351 e. The predicted molar refractivity (Wildman–Crippen MR) is 35.1 cm³/mol. The molecule has 0 radical (unpaired) electrons. The molecule has 0 aliphatic carbocycles. The van der Waals surface area contributed by atoms with Crippen molar-refractivity contribution in [3.63, 3.8) is 0 Å². The molecule has 5 heteroatoms. The van der Waals surface area contributed by atoms with Crippen molar-refractivity contribution in [1.29, 1.82) is 0 Å². The number of hydrogen-bond acceptors (Lipinski definition) is 2. The highest BCUT2D eigenvalue weighted by Gasteiger charge is 2.00. The number of nitrogens with one attached hydrogen (secondary N) is 2. The maximum Gasteiger partial charge on any atom is 0.351 e. The van der Waals surface area contributed by atoms with Crippen molar-refractivity contribution >= 4 is 23.7 Å². The van der Waals surface area contributed by atoms with Crippen LogP contribution in [0.2, 0.25) is 0 Å². The fourth-order valence-corrected chi connectivity index (χ4v) is 0.658. The van der Waals surface area contributed by atoms with Crippen LogP contribution < -0.4 is 16.5 Å². The van der Waals surface area contributed by atoms with Crippen molar-refractivity contribution in [3.8, 4) is 0 Å². The van der Waals surface area contributed by atoms with E-state index >= 15 is 0 Å². The topological polar surface area (TPSA) is 83.6 Å². The predicted octanol–water partition coefficient (Wildman–Crippen LogP) is -0.986. The van der Waals surface area contributed by atoms with E-state index in [4.69, 9.17) is 18.0 Å². The normalized spacial score (nSPS) is 9.44. The Morgan fingerprint density at radius 3 is 2.89 bits per heavy atom. The van der Waals surface area contributed by atoms with Crippen molar-refractivity contribution in [2.45, 2.75) is 0 Å². The second-order valence-corrected chi connectivity index (χ2v) is 2.08. The summed E-state index contributed by atoms with van der Waals surface area (Å²) in [4.78, 5) is 5.50. The molecule has 0 aliphatic heterocycles. The fraction of sp³-hybridized carbons (Fsp3) is 0. The summed E-state index contributed by atoms with van der Waals surface area (Å²) in [6.45, 7) is 0. The van der Waals surface area contributed by atoms with E-state index in [2.05, 4.69) is 15.7 Å². The monoisotopic (exact) mass is 144 g/mol. The van der Waals surface area contributed by atoms with Gasteiger partial charge in [0.05, 0.1) is 0 Å². The molecule has 9 heavy (non-hydrogen) atoms. The molecule has 0 aliphatic rings. The molecular formula is C4H8N4S+2. The van der Waals surface area contributed by atoms with Crippen molar-refractivity contribution < 1.29 is 10.7 Å². The van der Waals surface area contributed by atoms with Crippen LogP contribution >= 0.6 is 12.2 Å². The summed E-state index contributed by atoms with van der Waals surface area (Å²) in [7, 11) is 0. The first-order valence-corrected chi connectivity index (χ1v) is 2.83. The second kappa shape index (κ2) is 2.12. The lowest BCUT2D eigenvalue weighted by molar-refractivity contribution is -0.393. The summed E-state index contributed by atoms with van der Waals surface area (Å²) in [6.07, 6.45) is 1.61. The first kappa shape index (κ1) is 6.18. The molecule has 0 saturated carbocycles. The van der Waals surface area contributed by atoms with Gasteiger partial charge in [-0.3, -0.25) is 5.73 Å². The van der Waals surface area contributed by atoms with Gasteiger partial charge in [-0.25, -0.2) is 4.98 Å². The Hall–Kier alpha value is -0.940. The molecule has 1 heterocycles. The van der Waals surface area contributed by atoms with Crippen molar-refractivity contribution in [1.82, 2.24) is 4.98 Å². The van der Waals surface area contributed by atoms with Gasteiger partial charge in [-0.1, -0.05) is 0 Å². The van der Waals surface area contributed by atoms with Crippen LogP contribution in [0.3, 0.4) is 0 Å². The van der Waals surface area contributed by atoms with E-state index in [1.54, 1.807) is 6.20 Å². The van der Waals surface area contributed by atoms with E-state index < -0.39 is 0 Å². The van der Waals surface area contributed by atoms with E-state index in [1.165, 1.54) is 0 Å². The molecular weight excluding hydrogens is 136 g/mol. The molecule has 0 aromatic carbocycles.